The molecule has 1 aromatic rings. The van der Waals surface area contributed by atoms with Crippen LogP contribution >= 0.6 is 12.6 Å². The number of ether oxygens (including phenoxy) is 3. The van der Waals surface area contributed by atoms with Gasteiger partial charge in [0.05, 0.1) is 48.8 Å². The van der Waals surface area contributed by atoms with Crippen molar-refractivity contribution in [1.82, 2.24) is 25.3 Å². The summed E-state index contributed by atoms with van der Waals surface area (Å²) in [6.07, 6.45) is -0.818. The second kappa shape index (κ2) is 23.9. The van der Waals surface area contributed by atoms with Crippen LogP contribution in [0.2, 0.25) is 0 Å². The van der Waals surface area contributed by atoms with E-state index in [-0.39, 0.29) is 54.5 Å². The van der Waals surface area contributed by atoms with Crippen molar-refractivity contribution in [2.75, 3.05) is 47.2 Å². The molecule has 10 atom stereocenters. The minimum Gasteiger partial charge on any atom is -0.449 e. The Morgan fingerprint density at radius 1 is 0.912 bits per heavy atom. The first-order chi connectivity index (χ1) is 26.9. The highest BCUT2D eigenvalue weighted by Gasteiger charge is 2.43. The quantitative estimate of drug-likeness (QED) is 0.125. The zero-order chi connectivity index (χ0) is 43.1. The smallest absolute Gasteiger partial charge is 0.410 e. The monoisotopic (exact) mass is 821 g/mol. The molecule has 1 aromatic carbocycles. The zero-order valence-electron chi connectivity index (χ0n) is 36.3. The van der Waals surface area contributed by atoms with Crippen molar-refractivity contribution in [3.8, 4) is 0 Å². The number of thiol groups is 1. The number of aliphatic hydroxyl groups excluding tert-OH is 1. The highest BCUT2D eigenvalue weighted by Crippen LogP contribution is 2.30. The highest BCUT2D eigenvalue weighted by molar-refractivity contribution is 7.80. The van der Waals surface area contributed by atoms with E-state index in [1.54, 1.807) is 42.8 Å². The van der Waals surface area contributed by atoms with Crippen LogP contribution in [0.3, 0.4) is 0 Å². The summed E-state index contributed by atoms with van der Waals surface area (Å²) in [5, 5.41) is 16.7. The maximum absolute atomic E-state index is 14.4. The maximum atomic E-state index is 14.4. The van der Waals surface area contributed by atoms with Crippen LogP contribution in [0, 0.1) is 23.7 Å². The van der Waals surface area contributed by atoms with Gasteiger partial charge in [0.2, 0.25) is 23.6 Å². The van der Waals surface area contributed by atoms with Crippen LogP contribution in [0.4, 0.5) is 4.79 Å². The number of rotatable bonds is 22. The Labute approximate surface area is 346 Å². The molecule has 1 unspecified atom stereocenters. The molecule has 324 valence electrons. The number of aliphatic hydroxyl groups is 1. The predicted octanol–water partition coefficient (Wildman–Crippen LogP) is 4.31. The zero-order valence-corrected chi connectivity index (χ0v) is 37.2. The fourth-order valence-corrected chi connectivity index (χ4v) is 8.02. The molecule has 0 radical (unpaired) electrons. The Morgan fingerprint density at radius 3 is 2.07 bits per heavy atom. The van der Waals surface area contributed by atoms with E-state index >= 15 is 0 Å². The van der Waals surface area contributed by atoms with E-state index in [1.807, 2.05) is 59.7 Å². The van der Waals surface area contributed by atoms with Crippen molar-refractivity contribution in [3.05, 3.63) is 35.9 Å². The molecule has 1 saturated heterocycles. The maximum Gasteiger partial charge on any atom is 0.410 e. The number of likely N-dealkylation sites (N-methyl/N-ethyl adjacent to an activating group) is 2. The van der Waals surface area contributed by atoms with Gasteiger partial charge >= 0.3 is 6.09 Å². The molecule has 1 aliphatic rings. The van der Waals surface area contributed by atoms with E-state index in [0.29, 0.717) is 30.7 Å². The van der Waals surface area contributed by atoms with Crippen LogP contribution in [-0.4, -0.2) is 139 Å². The van der Waals surface area contributed by atoms with Gasteiger partial charge in [-0.05, 0) is 43.1 Å². The fraction of sp³-hybridized carbons (Fsp3) is 0.738. The Kier molecular flexibility index (Phi) is 20.8. The van der Waals surface area contributed by atoms with E-state index in [2.05, 4.69) is 23.3 Å². The van der Waals surface area contributed by atoms with Gasteiger partial charge < -0.3 is 39.8 Å². The number of nitrogens with one attached hydrogen (secondary N) is 2. The number of nitrogens with zero attached hydrogens (tertiary/aromatic N) is 3. The molecule has 0 spiro atoms. The molecule has 5 amide bonds. The largest absolute Gasteiger partial charge is 0.449 e. The fourth-order valence-electron chi connectivity index (χ4n) is 7.93. The van der Waals surface area contributed by atoms with Crippen LogP contribution in [0.1, 0.15) is 92.7 Å². The number of hydrogen-bond donors (Lipinski definition) is 4. The van der Waals surface area contributed by atoms with Gasteiger partial charge in [-0.25, -0.2) is 4.79 Å². The summed E-state index contributed by atoms with van der Waals surface area (Å²) in [4.78, 5) is 73.2. The minimum absolute atomic E-state index is 0.0236. The SMILES string of the molecule is CC[C@H](C)[C@@H]([C@@H](CC(=O)N1CCC[C@H]1[C@H](OC)[C@@H](C)C(=O)N[C@H](C)[C@@H](O)c1ccccc1)OC)N(C)C(=O)[C@@H](NC(=O)C(C(C)C)N(C)C(=O)OCCS)C(C)C. The Bertz CT molecular complexity index is 1440. The summed E-state index contributed by atoms with van der Waals surface area (Å²) in [6.45, 7) is 15.4. The molecule has 0 aliphatic carbocycles. The standard InChI is InChI=1S/C42H71N5O9S/c1-13-27(6)36(45(9)41(52)34(25(2)3)44-40(51)35(26(4)5)46(10)42(53)56-22-23-57)32(54-11)24-33(48)47-21-17-20-31(47)38(55-12)28(7)39(50)43-29(8)37(49)30-18-15-14-16-19-30/h14-16,18-19,25-29,31-32,34-38,49,57H,13,17,20-24H2,1-12H3,(H,43,50)(H,44,51)/t27-,28+,29+,31-,32+,34-,35?,36-,37+,38+/m0/s1. The van der Waals surface area contributed by atoms with Crippen LogP contribution in [0.15, 0.2) is 30.3 Å². The van der Waals surface area contributed by atoms with Crippen molar-refractivity contribution >= 4 is 42.4 Å². The van der Waals surface area contributed by atoms with Gasteiger partial charge in [0.1, 0.15) is 18.7 Å². The van der Waals surface area contributed by atoms with Gasteiger partial charge in [0.25, 0.3) is 0 Å². The van der Waals surface area contributed by atoms with Gasteiger partial charge in [-0.3, -0.25) is 24.1 Å². The lowest BCUT2D eigenvalue weighted by Crippen LogP contribution is -2.60. The average Bonchev–Trinajstić information content (AvgIpc) is 3.67. The third kappa shape index (κ3) is 13.3. The minimum atomic E-state index is -0.931. The molecular weight excluding hydrogens is 751 g/mol. The molecule has 3 N–H and O–H groups in total. The summed E-state index contributed by atoms with van der Waals surface area (Å²) in [6, 6.07) is 5.84. The lowest BCUT2D eigenvalue weighted by atomic mass is 9.89. The van der Waals surface area contributed by atoms with Gasteiger partial charge in [0, 0.05) is 40.6 Å². The third-order valence-corrected chi connectivity index (χ3v) is 11.6. The topological polar surface area (TPSA) is 167 Å². The number of amides is 5. The second-order valence-corrected chi connectivity index (χ2v) is 16.6. The molecule has 14 nitrogen and oxygen atoms in total. The molecule has 57 heavy (non-hydrogen) atoms. The number of methoxy groups -OCH3 is 2. The van der Waals surface area contributed by atoms with Crippen molar-refractivity contribution in [1.29, 1.82) is 0 Å². The molecule has 0 aromatic heterocycles. The number of likely N-dealkylation sites (tertiary alicyclic amines) is 1. The van der Waals surface area contributed by atoms with E-state index in [4.69, 9.17) is 14.2 Å². The normalized spacial score (nSPS) is 19.1. The molecule has 2 rings (SSSR count). The Morgan fingerprint density at radius 2 is 1.54 bits per heavy atom. The van der Waals surface area contributed by atoms with E-state index in [0.717, 1.165) is 6.42 Å². The number of carbonyl (C=O) groups is 5. The van der Waals surface area contributed by atoms with Crippen LogP contribution in [0.25, 0.3) is 0 Å². The van der Waals surface area contributed by atoms with E-state index in [1.165, 1.54) is 26.2 Å². The average molecular weight is 822 g/mol. The van der Waals surface area contributed by atoms with Crippen molar-refractivity contribution < 1.29 is 43.3 Å². The summed E-state index contributed by atoms with van der Waals surface area (Å²) in [5.74, 6) is -2.26. The summed E-state index contributed by atoms with van der Waals surface area (Å²) in [5.41, 5.74) is 0.695. The van der Waals surface area contributed by atoms with Gasteiger partial charge in [0.15, 0.2) is 0 Å². The van der Waals surface area contributed by atoms with Crippen LogP contribution in [0.5, 0.6) is 0 Å². The molecule has 0 saturated carbocycles. The predicted molar refractivity (Wildman–Crippen MR) is 223 cm³/mol. The molecule has 15 heteroatoms. The van der Waals surface area contributed by atoms with Crippen LogP contribution in [-0.2, 0) is 33.4 Å². The Hall–Kier alpha value is -3.40. The lowest BCUT2D eigenvalue weighted by Gasteiger charge is -2.41. The first kappa shape index (κ1) is 49.7. The molecule has 1 fully saturated rings. The molecular formula is C42H71N5O9S. The van der Waals surface area contributed by atoms with Gasteiger partial charge in [-0.1, -0.05) is 85.2 Å². The van der Waals surface area contributed by atoms with Gasteiger partial charge in [-0.2, -0.15) is 12.6 Å². The summed E-state index contributed by atoms with van der Waals surface area (Å²) >= 11 is 4.09. The first-order valence-electron chi connectivity index (χ1n) is 20.3. The van der Waals surface area contributed by atoms with Crippen LogP contribution < -0.4 is 10.6 Å². The number of carbonyl (C=O) groups excluding carboxylic acids is 5. The highest BCUT2D eigenvalue weighted by atomic mass is 32.1. The Balaban J connectivity index is 2.27. The lowest BCUT2D eigenvalue weighted by molar-refractivity contribution is -0.148. The molecule has 1 heterocycles. The van der Waals surface area contributed by atoms with E-state index < -0.39 is 60.4 Å². The van der Waals surface area contributed by atoms with Gasteiger partial charge in [-0.15, -0.1) is 0 Å². The first-order valence-corrected chi connectivity index (χ1v) is 21.0. The molecule has 1 aliphatic heterocycles. The molecule has 0 bridgehead atoms. The van der Waals surface area contributed by atoms with Crippen molar-refractivity contribution in [2.24, 2.45) is 23.7 Å². The third-order valence-electron chi connectivity index (χ3n) is 11.4. The number of benzene rings is 1. The van der Waals surface area contributed by atoms with Crippen molar-refractivity contribution in [3.63, 3.8) is 0 Å². The van der Waals surface area contributed by atoms with Crippen molar-refractivity contribution in [2.45, 2.75) is 130 Å². The second-order valence-electron chi connectivity index (χ2n) is 16.1. The number of hydrogen-bond acceptors (Lipinski definition) is 10. The summed E-state index contributed by atoms with van der Waals surface area (Å²) < 4.78 is 17.1. The van der Waals surface area contributed by atoms with E-state index in [9.17, 15) is 29.1 Å². The summed E-state index contributed by atoms with van der Waals surface area (Å²) in [7, 11) is 6.24.